The van der Waals surface area contributed by atoms with Crippen LogP contribution in [0.2, 0.25) is 0 Å². The summed E-state index contributed by atoms with van der Waals surface area (Å²) in [6.07, 6.45) is 27.1. The highest BCUT2D eigenvalue weighted by molar-refractivity contribution is 5.88. The zero-order chi connectivity index (χ0) is 23.7. The number of hydrogen-bond acceptors (Lipinski definition) is 2. The second kappa shape index (κ2) is 16.1. The van der Waals surface area contributed by atoms with Crippen molar-refractivity contribution in [2.45, 2.75) is 96.8 Å². The van der Waals surface area contributed by atoms with Crippen molar-refractivity contribution in [2.75, 3.05) is 6.61 Å². The van der Waals surface area contributed by atoms with E-state index in [1.807, 2.05) is 24.6 Å². The van der Waals surface area contributed by atoms with Crippen LogP contribution in [-0.4, -0.2) is 17.8 Å². The molecule has 184 valence electrons. The summed E-state index contributed by atoms with van der Waals surface area (Å²) < 4.78 is 6.00. The molecular weight excluding hydrogens is 416 g/mol. The van der Waals surface area contributed by atoms with Crippen LogP contribution >= 0.6 is 0 Å². The van der Waals surface area contributed by atoms with Crippen LogP contribution in [0.1, 0.15) is 108 Å². The van der Waals surface area contributed by atoms with Crippen LogP contribution in [0, 0.1) is 0 Å². The number of ether oxygens (including phenoxy) is 1. The number of hydrogen-bond donors (Lipinski definition) is 1. The number of H-pyrrole nitrogens is 1. The van der Waals surface area contributed by atoms with Gasteiger partial charge in [0, 0.05) is 23.7 Å². The van der Waals surface area contributed by atoms with Crippen molar-refractivity contribution in [3.8, 4) is 5.75 Å². The highest BCUT2D eigenvalue weighted by atomic mass is 16.5. The molecule has 1 aliphatic rings. The van der Waals surface area contributed by atoms with E-state index in [1.54, 1.807) is 0 Å². The summed E-state index contributed by atoms with van der Waals surface area (Å²) in [5, 5.41) is 0. The van der Waals surface area contributed by atoms with Crippen LogP contribution in [0.4, 0.5) is 0 Å². The van der Waals surface area contributed by atoms with Gasteiger partial charge in [-0.05, 0) is 48.4 Å². The van der Waals surface area contributed by atoms with Gasteiger partial charge in [-0.15, -0.1) is 0 Å². The van der Waals surface area contributed by atoms with E-state index in [9.17, 15) is 0 Å². The van der Waals surface area contributed by atoms with E-state index in [0.29, 0.717) is 0 Å². The first kappa shape index (κ1) is 26.1. The number of aliphatic imine (C=N–C) groups is 1. The average Bonchev–Trinajstić information content (AvgIpc) is 3.58. The number of nitrogens with zero attached hydrogens (tertiary/aromatic N) is 1. The van der Waals surface area contributed by atoms with Gasteiger partial charge in [0.2, 0.25) is 0 Å². The molecule has 1 aromatic heterocycles. The molecule has 3 heteroatoms. The highest BCUT2D eigenvalue weighted by Crippen LogP contribution is 2.29. The number of rotatable bonds is 18. The van der Waals surface area contributed by atoms with Crippen molar-refractivity contribution in [2.24, 2.45) is 4.99 Å². The van der Waals surface area contributed by atoms with Crippen molar-refractivity contribution in [1.29, 1.82) is 0 Å². The van der Waals surface area contributed by atoms with E-state index in [0.717, 1.165) is 41.3 Å². The maximum atomic E-state index is 6.00. The fourth-order valence-electron chi connectivity index (χ4n) is 4.58. The van der Waals surface area contributed by atoms with Crippen LogP contribution in [0.3, 0.4) is 0 Å². The first-order chi connectivity index (χ1) is 16.9. The van der Waals surface area contributed by atoms with Gasteiger partial charge < -0.3 is 9.72 Å². The fraction of sp³-hybridized carbons (Fsp3) is 0.516. The second-order valence-electron chi connectivity index (χ2n) is 9.45. The van der Waals surface area contributed by atoms with Gasteiger partial charge in [-0.1, -0.05) is 103 Å². The number of allylic oxidation sites excluding steroid dienone is 2. The fourth-order valence-corrected chi connectivity index (χ4v) is 4.58. The summed E-state index contributed by atoms with van der Waals surface area (Å²) in [6, 6.07) is 12.5. The lowest BCUT2D eigenvalue weighted by Crippen LogP contribution is -1.98. The average molecular weight is 461 g/mol. The zero-order valence-electron chi connectivity index (χ0n) is 21.2. The molecule has 2 aromatic rings. The highest BCUT2D eigenvalue weighted by Gasteiger charge is 2.12. The molecule has 0 radical (unpaired) electrons. The van der Waals surface area contributed by atoms with Crippen molar-refractivity contribution in [3.05, 3.63) is 71.7 Å². The molecule has 0 fully saturated rings. The first-order valence-corrected chi connectivity index (χ1v) is 13.7. The second-order valence-corrected chi connectivity index (χ2v) is 9.45. The molecule has 2 heterocycles. The summed E-state index contributed by atoms with van der Waals surface area (Å²) in [5.74, 6) is 0.944. The Hall–Kier alpha value is -2.55. The molecular formula is C31H44N2O. The van der Waals surface area contributed by atoms with Gasteiger partial charge in [-0.3, -0.25) is 4.99 Å². The number of benzene rings is 1. The van der Waals surface area contributed by atoms with E-state index >= 15 is 0 Å². The maximum absolute atomic E-state index is 6.00. The van der Waals surface area contributed by atoms with Crippen molar-refractivity contribution >= 4 is 11.8 Å². The molecule has 0 saturated heterocycles. The standard InChI is InChI=1S/C31H44N2O/c1-2-3-4-5-6-7-8-9-10-11-12-13-14-15-26-34-28-22-20-27(21-23-28)31(29-18-16-24-32-29)30-19-17-25-33-30/h16-25,32H,2-15,26H2,1H3/b31-30-. The first-order valence-electron chi connectivity index (χ1n) is 13.7. The third-order valence-corrected chi connectivity index (χ3v) is 6.59. The predicted octanol–water partition coefficient (Wildman–Crippen LogP) is 9.27. The quantitative estimate of drug-likeness (QED) is 0.221. The van der Waals surface area contributed by atoms with E-state index in [4.69, 9.17) is 4.74 Å². The molecule has 0 amide bonds. The van der Waals surface area contributed by atoms with Crippen LogP contribution in [0.15, 0.2) is 65.4 Å². The minimum Gasteiger partial charge on any atom is -0.494 e. The van der Waals surface area contributed by atoms with Crippen molar-refractivity contribution < 1.29 is 4.74 Å². The smallest absolute Gasteiger partial charge is 0.119 e. The molecule has 34 heavy (non-hydrogen) atoms. The Kier molecular flexibility index (Phi) is 12.4. The van der Waals surface area contributed by atoms with Crippen LogP contribution in [-0.2, 0) is 0 Å². The number of nitrogens with one attached hydrogen (secondary N) is 1. The molecule has 3 nitrogen and oxygen atoms in total. The Labute approximate surface area is 207 Å². The lowest BCUT2D eigenvalue weighted by molar-refractivity contribution is 0.304. The molecule has 1 aliphatic heterocycles. The maximum Gasteiger partial charge on any atom is 0.119 e. The van der Waals surface area contributed by atoms with E-state index in [1.165, 1.54) is 83.5 Å². The SMILES string of the molecule is CCCCCCCCCCCCCCCCOc1ccc(/C(=C2\C=CC=N2)c2ccc[nH]2)cc1. The number of unbranched alkanes of at least 4 members (excludes halogenated alkanes) is 13. The Morgan fingerprint density at radius 3 is 1.91 bits per heavy atom. The van der Waals surface area contributed by atoms with Crippen LogP contribution < -0.4 is 4.74 Å². The molecule has 0 unspecified atom stereocenters. The number of aromatic nitrogens is 1. The molecule has 1 N–H and O–H groups in total. The van der Waals surface area contributed by atoms with Gasteiger partial charge in [0.05, 0.1) is 12.3 Å². The van der Waals surface area contributed by atoms with E-state index in [2.05, 4.69) is 53.3 Å². The van der Waals surface area contributed by atoms with E-state index in [-0.39, 0.29) is 0 Å². The normalized spacial score (nSPS) is 14.1. The lowest BCUT2D eigenvalue weighted by atomic mass is 10.0. The van der Waals surface area contributed by atoms with Crippen molar-refractivity contribution in [3.63, 3.8) is 0 Å². The molecule has 0 bridgehead atoms. The molecule has 0 saturated carbocycles. The number of aromatic amines is 1. The Morgan fingerprint density at radius 2 is 1.38 bits per heavy atom. The molecule has 0 atom stereocenters. The van der Waals surface area contributed by atoms with Gasteiger partial charge >= 0.3 is 0 Å². The zero-order valence-corrected chi connectivity index (χ0v) is 21.2. The summed E-state index contributed by atoms with van der Waals surface area (Å²) in [5.41, 5.74) is 4.33. The molecule has 0 aliphatic carbocycles. The van der Waals surface area contributed by atoms with Gasteiger partial charge in [0.25, 0.3) is 0 Å². The predicted molar refractivity (Wildman–Crippen MR) is 147 cm³/mol. The Bertz CT molecular complexity index is 861. The van der Waals surface area contributed by atoms with Gasteiger partial charge in [0.1, 0.15) is 5.75 Å². The Balaban J connectivity index is 1.25. The Morgan fingerprint density at radius 1 is 0.765 bits per heavy atom. The minimum absolute atomic E-state index is 0.801. The minimum atomic E-state index is 0.801. The molecule has 1 aromatic carbocycles. The monoisotopic (exact) mass is 460 g/mol. The third kappa shape index (κ3) is 9.37. The summed E-state index contributed by atoms with van der Waals surface area (Å²) >= 11 is 0. The summed E-state index contributed by atoms with van der Waals surface area (Å²) in [6.45, 7) is 3.09. The summed E-state index contributed by atoms with van der Waals surface area (Å²) in [4.78, 5) is 7.82. The van der Waals surface area contributed by atoms with Gasteiger partial charge in [-0.2, -0.15) is 0 Å². The van der Waals surface area contributed by atoms with Crippen LogP contribution in [0.5, 0.6) is 5.75 Å². The topological polar surface area (TPSA) is 37.4 Å². The molecule has 3 rings (SSSR count). The molecule has 0 spiro atoms. The van der Waals surface area contributed by atoms with Gasteiger partial charge in [-0.25, -0.2) is 0 Å². The third-order valence-electron chi connectivity index (χ3n) is 6.59. The summed E-state index contributed by atoms with van der Waals surface area (Å²) in [7, 11) is 0. The van der Waals surface area contributed by atoms with Crippen molar-refractivity contribution in [1.82, 2.24) is 4.98 Å². The lowest BCUT2D eigenvalue weighted by Gasteiger charge is -2.10. The largest absolute Gasteiger partial charge is 0.494 e. The van der Waals surface area contributed by atoms with Crippen LogP contribution in [0.25, 0.3) is 5.57 Å². The van der Waals surface area contributed by atoms with Gasteiger partial charge in [0.15, 0.2) is 0 Å². The van der Waals surface area contributed by atoms with E-state index < -0.39 is 0 Å².